The molecule has 0 bridgehead atoms. The number of carbonyl (C=O) groups excluding carboxylic acids is 2. The highest BCUT2D eigenvalue weighted by atomic mass is 16.5. The average molecular weight is 384 g/mol. The minimum absolute atomic E-state index is 0.0837. The molecule has 8 heteroatoms. The van der Waals surface area contributed by atoms with Gasteiger partial charge in [-0.05, 0) is 30.3 Å². The number of nitrogens with zero attached hydrogens (tertiary/aromatic N) is 2. The Balaban J connectivity index is 1.55. The van der Waals surface area contributed by atoms with E-state index in [0.29, 0.717) is 23.7 Å². The summed E-state index contributed by atoms with van der Waals surface area (Å²) in [4.78, 5) is 31.6. The number of pyridine rings is 1. The highest BCUT2D eigenvalue weighted by Gasteiger charge is 2.23. The molecule has 1 aliphatic rings. The SMILES string of the molecule is COc1ccc(NC(C)=O)cc1NC(=O)C[NH+]1CCN(c2ccccn2)CC1. The molecular weight excluding hydrogens is 358 g/mol. The Morgan fingerprint density at radius 3 is 2.61 bits per heavy atom. The molecule has 3 N–H and O–H groups in total. The molecule has 148 valence electrons. The van der Waals surface area contributed by atoms with Crippen LogP contribution in [0, 0.1) is 0 Å². The number of rotatable bonds is 6. The molecule has 0 saturated carbocycles. The molecule has 3 rings (SSSR count). The number of piperazine rings is 1. The third kappa shape index (κ3) is 5.20. The third-order valence-electron chi connectivity index (χ3n) is 4.65. The Labute approximate surface area is 164 Å². The number of quaternary nitrogens is 1. The van der Waals surface area contributed by atoms with Crippen LogP contribution in [0.25, 0.3) is 0 Å². The van der Waals surface area contributed by atoms with Crippen LogP contribution in [0.2, 0.25) is 0 Å². The molecule has 1 aromatic carbocycles. The summed E-state index contributed by atoms with van der Waals surface area (Å²) >= 11 is 0. The number of benzene rings is 1. The lowest BCUT2D eigenvalue weighted by atomic mass is 10.2. The van der Waals surface area contributed by atoms with Crippen LogP contribution in [-0.4, -0.2) is 56.6 Å². The first-order valence-corrected chi connectivity index (χ1v) is 9.30. The number of anilines is 3. The molecule has 0 unspecified atom stereocenters. The quantitative estimate of drug-likeness (QED) is 0.671. The Morgan fingerprint density at radius 2 is 1.96 bits per heavy atom. The molecule has 1 fully saturated rings. The van der Waals surface area contributed by atoms with E-state index >= 15 is 0 Å². The number of carbonyl (C=O) groups is 2. The van der Waals surface area contributed by atoms with Gasteiger partial charge in [0.15, 0.2) is 6.54 Å². The Kier molecular flexibility index (Phi) is 6.44. The molecule has 2 heterocycles. The second kappa shape index (κ2) is 9.18. The highest BCUT2D eigenvalue weighted by molar-refractivity contribution is 5.95. The second-order valence-corrected chi connectivity index (χ2v) is 6.75. The zero-order valence-electron chi connectivity index (χ0n) is 16.2. The van der Waals surface area contributed by atoms with E-state index in [2.05, 4.69) is 20.5 Å². The van der Waals surface area contributed by atoms with E-state index in [1.165, 1.54) is 11.8 Å². The van der Waals surface area contributed by atoms with Crippen molar-refractivity contribution in [3.8, 4) is 5.75 Å². The van der Waals surface area contributed by atoms with Gasteiger partial charge in [-0.15, -0.1) is 0 Å². The lowest BCUT2D eigenvalue weighted by Crippen LogP contribution is -3.15. The Bertz CT molecular complexity index is 820. The first-order valence-electron chi connectivity index (χ1n) is 9.30. The zero-order valence-corrected chi connectivity index (χ0v) is 16.2. The van der Waals surface area contributed by atoms with E-state index in [9.17, 15) is 9.59 Å². The van der Waals surface area contributed by atoms with Gasteiger partial charge in [0.1, 0.15) is 11.6 Å². The largest absolute Gasteiger partial charge is 0.495 e. The van der Waals surface area contributed by atoms with Crippen molar-refractivity contribution < 1.29 is 19.2 Å². The van der Waals surface area contributed by atoms with Gasteiger partial charge in [0.25, 0.3) is 5.91 Å². The van der Waals surface area contributed by atoms with Crippen molar-refractivity contribution >= 4 is 29.0 Å². The van der Waals surface area contributed by atoms with Gasteiger partial charge in [0.2, 0.25) is 5.91 Å². The van der Waals surface area contributed by atoms with Crippen LogP contribution >= 0.6 is 0 Å². The van der Waals surface area contributed by atoms with Gasteiger partial charge < -0.3 is 25.2 Å². The van der Waals surface area contributed by atoms with E-state index in [0.717, 1.165) is 32.0 Å². The summed E-state index contributed by atoms with van der Waals surface area (Å²) in [6.45, 7) is 5.28. The molecule has 0 spiro atoms. The van der Waals surface area contributed by atoms with E-state index < -0.39 is 0 Å². The Hall–Kier alpha value is -3.13. The summed E-state index contributed by atoms with van der Waals surface area (Å²) in [5.41, 5.74) is 1.16. The molecular formula is C20H26N5O3+. The van der Waals surface area contributed by atoms with Gasteiger partial charge in [-0.25, -0.2) is 4.98 Å². The van der Waals surface area contributed by atoms with Gasteiger partial charge >= 0.3 is 0 Å². The number of aromatic nitrogens is 1. The predicted octanol–water partition coefficient (Wildman–Crippen LogP) is 0.392. The standard InChI is InChI=1S/C20H25N5O3/c1-15(26)22-16-6-7-18(28-2)17(13-16)23-20(27)14-24-9-11-25(12-10-24)19-5-3-4-8-21-19/h3-8,13H,9-12,14H2,1-2H3,(H,22,26)(H,23,27)/p+1. The van der Waals surface area contributed by atoms with Crippen molar-refractivity contribution in [3.63, 3.8) is 0 Å². The lowest BCUT2D eigenvalue weighted by molar-refractivity contribution is -0.892. The smallest absolute Gasteiger partial charge is 0.279 e. The highest BCUT2D eigenvalue weighted by Crippen LogP contribution is 2.27. The van der Waals surface area contributed by atoms with Crippen molar-refractivity contribution in [3.05, 3.63) is 42.6 Å². The summed E-state index contributed by atoms with van der Waals surface area (Å²) in [5.74, 6) is 1.28. The minimum atomic E-state index is -0.169. The summed E-state index contributed by atoms with van der Waals surface area (Å²) in [5, 5.41) is 5.61. The number of amides is 2. The number of nitrogens with one attached hydrogen (secondary N) is 3. The van der Waals surface area contributed by atoms with Crippen LogP contribution in [0.5, 0.6) is 5.75 Å². The zero-order chi connectivity index (χ0) is 19.9. The molecule has 2 amide bonds. The molecule has 2 aromatic rings. The van der Waals surface area contributed by atoms with Gasteiger partial charge in [-0.3, -0.25) is 9.59 Å². The summed E-state index contributed by atoms with van der Waals surface area (Å²) < 4.78 is 5.31. The maximum atomic E-state index is 12.5. The molecule has 0 atom stereocenters. The second-order valence-electron chi connectivity index (χ2n) is 6.75. The number of hydrogen-bond donors (Lipinski definition) is 3. The maximum absolute atomic E-state index is 12.5. The van der Waals surface area contributed by atoms with E-state index in [4.69, 9.17) is 4.74 Å². The summed E-state index contributed by atoms with van der Waals surface area (Å²) in [7, 11) is 1.55. The van der Waals surface area contributed by atoms with Crippen LogP contribution < -0.4 is 25.2 Å². The predicted molar refractivity (Wildman–Crippen MR) is 108 cm³/mol. The topological polar surface area (TPSA) is 88.0 Å². The van der Waals surface area contributed by atoms with Crippen LogP contribution in [0.3, 0.4) is 0 Å². The number of hydrogen-bond acceptors (Lipinski definition) is 5. The maximum Gasteiger partial charge on any atom is 0.279 e. The summed E-state index contributed by atoms with van der Waals surface area (Å²) in [6, 6.07) is 11.1. The fourth-order valence-corrected chi connectivity index (χ4v) is 3.28. The van der Waals surface area contributed by atoms with E-state index in [-0.39, 0.29) is 11.8 Å². The molecule has 28 heavy (non-hydrogen) atoms. The van der Waals surface area contributed by atoms with E-state index in [1.807, 2.05) is 18.2 Å². The molecule has 1 aromatic heterocycles. The molecule has 1 aliphatic heterocycles. The van der Waals surface area contributed by atoms with Gasteiger partial charge in [-0.2, -0.15) is 0 Å². The summed E-state index contributed by atoms with van der Waals surface area (Å²) in [6.07, 6.45) is 1.80. The van der Waals surface area contributed by atoms with Crippen LogP contribution in [0.15, 0.2) is 42.6 Å². The van der Waals surface area contributed by atoms with Crippen molar-refractivity contribution in [1.29, 1.82) is 0 Å². The Morgan fingerprint density at radius 1 is 1.18 bits per heavy atom. The van der Waals surface area contributed by atoms with Gasteiger partial charge in [0.05, 0.1) is 39.0 Å². The molecule has 8 nitrogen and oxygen atoms in total. The lowest BCUT2D eigenvalue weighted by Gasteiger charge is -2.32. The van der Waals surface area contributed by atoms with Crippen molar-refractivity contribution in [2.75, 3.05) is 55.4 Å². The van der Waals surface area contributed by atoms with Crippen molar-refractivity contribution in [1.82, 2.24) is 4.98 Å². The van der Waals surface area contributed by atoms with Crippen LogP contribution in [0.4, 0.5) is 17.2 Å². The monoisotopic (exact) mass is 384 g/mol. The normalized spacial score (nSPS) is 14.4. The molecule has 0 aliphatic carbocycles. The first-order chi connectivity index (χ1) is 13.5. The first kappa shape index (κ1) is 19.6. The van der Waals surface area contributed by atoms with Crippen LogP contribution in [0.1, 0.15) is 6.92 Å². The molecule has 0 radical (unpaired) electrons. The fraction of sp³-hybridized carbons (Fsp3) is 0.350. The van der Waals surface area contributed by atoms with Crippen molar-refractivity contribution in [2.45, 2.75) is 6.92 Å². The van der Waals surface area contributed by atoms with Gasteiger partial charge in [-0.1, -0.05) is 6.07 Å². The van der Waals surface area contributed by atoms with Crippen LogP contribution in [-0.2, 0) is 9.59 Å². The van der Waals surface area contributed by atoms with Crippen molar-refractivity contribution in [2.24, 2.45) is 0 Å². The fourth-order valence-electron chi connectivity index (χ4n) is 3.28. The van der Waals surface area contributed by atoms with E-state index in [1.54, 1.807) is 31.5 Å². The minimum Gasteiger partial charge on any atom is -0.495 e. The average Bonchev–Trinajstić information content (AvgIpc) is 2.69. The third-order valence-corrected chi connectivity index (χ3v) is 4.65. The number of methoxy groups -OCH3 is 1. The van der Waals surface area contributed by atoms with Gasteiger partial charge in [0, 0.05) is 18.8 Å². The number of ether oxygens (including phenoxy) is 1. The molecule has 1 saturated heterocycles.